The zero-order chi connectivity index (χ0) is 35.3. The van der Waals surface area contributed by atoms with Crippen molar-refractivity contribution in [3.05, 3.63) is 157 Å². The van der Waals surface area contributed by atoms with Crippen molar-refractivity contribution in [2.75, 3.05) is 0 Å². The molecule has 0 N–H and O–H groups in total. The number of hydrogen-bond acceptors (Lipinski definition) is 6. The van der Waals surface area contributed by atoms with Crippen molar-refractivity contribution in [3.8, 4) is 56.7 Å². The van der Waals surface area contributed by atoms with E-state index in [2.05, 4.69) is 86.6 Å². The van der Waals surface area contributed by atoms with E-state index in [9.17, 15) is 0 Å². The van der Waals surface area contributed by atoms with Crippen molar-refractivity contribution in [1.82, 2.24) is 19.9 Å². The molecule has 1 aliphatic rings. The molecular formula is C47H30N4O2. The molecule has 3 heterocycles. The van der Waals surface area contributed by atoms with E-state index in [1.165, 1.54) is 22.3 Å². The molecule has 53 heavy (non-hydrogen) atoms. The summed E-state index contributed by atoms with van der Waals surface area (Å²) in [5, 5.41) is 3.89. The van der Waals surface area contributed by atoms with Gasteiger partial charge in [-0.3, -0.25) is 0 Å². The summed E-state index contributed by atoms with van der Waals surface area (Å²) in [6, 6.07) is 49.7. The topological polar surface area (TPSA) is 77.8 Å². The van der Waals surface area contributed by atoms with Gasteiger partial charge >= 0.3 is 0 Å². The molecule has 3 aromatic heterocycles. The maximum absolute atomic E-state index is 6.62. The molecule has 0 radical (unpaired) electrons. The van der Waals surface area contributed by atoms with Crippen LogP contribution in [0.4, 0.5) is 0 Å². The molecule has 250 valence electrons. The molecule has 0 saturated heterocycles. The fourth-order valence-corrected chi connectivity index (χ4v) is 8.18. The van der Waals surface area contributed by atoms with Crippen LogP contribution in [-0.4, -0.2) is 19.9 Å². The number of furan rings is 1. The summed E-state index contributed by atoms with van der Waals surface area (Å²) in [4.78, 5) is 20.3. The lowest BCUT2D eigenvalue weighted by molar-refractivity contribution is 0.622. The van der Waals surface area contributed by atoms with Gasteiger partial charge in [0.05, 0.1) is 5.39 Å². The number of rotatable bonds is 4. The summed E-state index contributed by atoms with van der Waals surface area (Å²) in [7, 11) is 0. The van der Waals surface area contributed by atoms with Crippen molar-refractivity contribution >= 4 is 43.8 Å². The largest absolute Gasteiger partial charge is 0.456 e. The Labute approximate surface area is 304 Å². The van der Waals surface area contributed by atoms with E-state index in [0.717, 1.165) is 60.5 Å². The van der Waals surface area contributed by atoms with Crippen LogP contribution >= 0.6 is 0 Å². The Morgan fingerprint density at radius 2 is 1.09 bits per heavy atom. The minimum absolute atomic E-state index is 0.153. The minimum Gasteiger partial charge on any atom is -0.456 e. The van der Waals surface area contributed by atoms with Crippen LogP contribution in [0.15, 0.2) is 154 Å². The summed E-state index contributed by atoms with van der Waals surface area (Å²) in [5.74, 6) is 2.38. The fraction of sp³-hybridized carbons (Fsp3) is 0.0638. The predicted octanol–water partition coefficient (Wildman–Crippen LogP) is 12.0. The normalized spacial score (nSPS) is 13.2. The molecule has 1 aliphatic carbocycles. The average molecular weight is 683 g/mol. The van der Waals surface area contributed by atoms with E-state index in [1.807, 2.05) is 72.8 Å². The molecule has 6 heteroatoms. The quantitative estimate of drug-likeness (QED) is 0.184. The summed E-state index contributed by atoms with van der Waals surface area (Å²) in [6.45, 7) is 4.58. The minimum atomic E-state index is -0.153. The molecule has 0 atom stereocenters. The molecule has 0 amide bonds. The Bertz CT molecular complexity index is 3090. The second-order valence-corrected chi connectivity index (χ2v) is 14.2. The first-order valence-electron chi connectivity index (χ1n) is 17.8. The molecule has 0 unspecified atom stereocenters. The highest BCUT2D eigenvalue weighted by molar-refractivity contribution is 6.26. The summed E-state index contributed by atoms with van der Waals surface area (Å²) < 4.78 is 13.1. The molecule has 0 bridgehead atoms. The third-order valence-corrected chi connectivity index (χ3v) is 10.8. The highest BCUT2D eigenvalue weighted by Crippen LogP contribution is 2.49. The molecule has 0 aliphatic heterocycles. The number of aromatic nitrogens is 4. The first kappa shape index (κ1) is 29.8. The lowest BCUT2D eigenvalue weighted by Crippen LogP contribution is -2.15. The van der Waals surface area contributed by atoms with Crippen LogP contribution in [0.25, 0.3) is 101 Å². The molecular weight excluding hydrogens is 653 g/mol. The van der Waals surface area contributed by atoms with Gasteiger partial charge in [0.25, 0.3) is 0 Å². The molecule has 11 rings (SSSR count). The zero-order valence-corrected chi connectivity index (χ0v) is 29.0. The highest BCUT2D eigenvalue weighted by Gasteiger charge is 2.35. The second kappa shape index (κ2) is 11.0. The Kier molecular flexibility index (Phi) is 6.20. The SMILES string of the molecule is CC1(C)c2ccccc2-c2ccc(-c3nc(-c4ccccc4)nc(-c4cc5oc6ccc7nc(-c8ccccc8)oc7c6c5c5ccccc45)n3)cc21. The Hall–Kier alpha value is -6.92. The lowest BCUT2D eigenvalue weighted by atomic mass is 9.82. The van der Waals surface area contributed by atoms with Gasteiger partial charge in [-0.05, 0) is 69.4 Å². The van der Waals surface area contributed by atoms with E-state index in [1.54, 1.807) is 0 Å². The van der Waals surface area contributed by atoms with E-state index in [4.69, 9.17) is 28.8 Å². The predicted molar refractivity (Wildman–Crippen MR) is 211 cm³/mol. The van der Waals surface area contributed by atoms with Gasteiger partial charge in [0, 0.05) is 33.1 Å². The van der Waals surface area contributed by atoms with Crippen LogP contribution in [-0.2, 0) is 5.41 Å². The van der Waals surface area contributed by atoms with Crippen LogP contribution in [0.5, 0.6) is 0 Å². The zero-order valence-electron chi connectivity index (χ0n) is 29.0. The van der Waals surface area contributed by atoms with Gasteiger partial charge in [-0.25, -0.2) is 19.9 Å². The first-order valence-corrected chi connectivity index (χ1v) is 17.8. The Balaban J connectivity index is 1.14. The maximum Gasteiger partial charge on any atom is 0.227 e. The van der Waals surface area contributed by atoms with Crippen LogP contribution < -0.4 is 0 Å². The van der Waals surface area contributed by atoms with Gasteiger partial charge in [-0.15, -0.1) is 0 Å². The van der Waals surface area contributed by atoms with Crippen LogP contribution in [0.2, 0.25) is 0 Å². The number of hydrogen-bond donors (Lipinski definition) is 0. The number of oxazole rings is 1. The maximum atomic E-state index is 6.62. The fourth-order valence-electron chi connectivity index (χ4n) is 8.18. The van der Waals surface area contributed by atoms with Gasteiger partial charge in [0.1, 0.15) is 16.7 Å². The lowest BCUT2D eigenvalue weighted by Gasteiger charge is -2.21. The highest BCUT2D eigenvalue weighted by atomic mass is 16.4. The van der Waals surface area contributed by atoms with Crippen molar-refractivity contribution in [1.29, 1.82) is 0 Å². The van der Waals surface area contributed by atoms with E-state index < -0.39 is 0 Å². The third-order valence-electron chi connectivity index (χ3n) is 10.8. The van der Waals surface area contributed by atoms with E-state index in [-0.39, 0.29) is 5.41 Å². The first-order chi connectivity index (χ1) is 26.0. The van der Waals surface area contributed by atoms with Gasteiger partial charge in [-0.1, -0.05) is 123 Å². The Morgan fingerprint density at radius 3 is 1.91 bits per heavy atom. The molecule has 0 spiro atoms. The monoisotopic (exact) mass is 682 g/mol. The summed E-state index contributed by atoms with van der Waals surface area (Å²) in [6.07, 6.45) is 0. The third kappa shape index (κ3) is 4.45. The molecule has 6 nitrogen and oxygen atoms in total. The molecule has 10 aromatic rings. The van der Waals surface area contributed by atoms with Gasteiger partial charge < -0.3 is 8.83 Å². The number of nitrogens with zero attached hydrogens (tertiary/aromatic N) is 4. The van der Waals surface area contributed by atoms with Gasteiger partial charge in [0.15, 0.2) is 23.1 Å². The van der Waals surface area contributed by atoms with Crippen LogP contribution in [0.1, 0.15) is 25.0 Å². The van der Waals surface area contributed by atoms with Crippen molar-refractivity contribution in [3.63, 3.8) is 0 Å². The standard InChI is InChI=1S/C47H30N4O2/c1-47(2)35-20-12-11-18-31(35)32-22-21-29(25-36(32)47)44-49-43(27-13-5-3-6-14-27)50-45(51-44)34-26-39-40(33-19-10-9-17-30(33)34)41-38(52-39)24-23-37-42(41)53-46(48-37)28-15-7-4-8-16-28/h3-26H,1-2H3. The molecule has 0 saturated carbocycles. The van der Waals surface area contributed by atoms with Gasteiger partial charge in [-0.2, -0.15) is 0 Å². The summed E-state index contributed by atoms with van der Waals surface area (Å²) >= 11 is 0. The van der Waals surface area contributed by atoms with Crippen LogP contribution in [0, 0.1) is 0 Å². The van der Waals surface area contributed by atoms with Crippen LogP contribution in [0.3, 0.4) is 0 Å². The summed E-state index contributed by atoms with van der Waals surface area (Å²) in [5.41, 5.74) is 11.6. The smallest absolute Gasteiger partial charge is 0.227 e. The number of benzene rings is 7. The Morgan fingerprint density at radius 1 is 0.434 bits per heavy atom. The molecule has 7 aromatic carbocycles. The van der Waals surface area contributed by atoms with E-state index >= 15 is 0 Å². The van der Waals surface area contributed by atoms with Gasteiger partial charge in [0.2, 0.25) is 5.89 Å². The van der Waals surface area contributed by atoms with Crippen molar-refractivity contribution < 1.29 is 8.83 Å². The van der Waals surface area contributed by atoms with Crippen molar-refractivity contribution in [2.24, 2.45) is 0 Å². The average Bonchev–Trinajstić information content (AvgIpc) is 3.88. The van der Waals surface area contributed by atoms with E-state index in [0.29, 0.717) is 28.9 Å². The second-order valence-electron chi connectivity index (χ2n) is 14.2. The van der Waals surface area contributed by atoms with Crippen molar-refractivity contribution in [2.45, 2.75) is 19.3 Å². The number of fused-ring (bicyclic) bond motifs is 10. The molecule has 0 fully saturated rings.